The van der Waals surface area contributed by atoms with Gasteiger partial charge in [0, 0.05) is 31.7 Å². The highest BCUT2D eigenvalue weighted by Crippen LogP contribution is 2.36. The van der Waals surface area contributed by atoms with Crippen LogP contribution in [0.3, 0.4) is 0 Å². The molecule has 0 radical (unpaired) electrons. The molecule has 4 rings (SSSR count). The lowest BCUT2D eigenvalue weighted by molar-refractivity contribution is 0.237. The Morgan fingerprint density at radius 3 is 2.55 bits per heavy atom. The number of hydrogen-bond acceptors (Lipinski definition) is 3. The summed E-state index contributed by atoms with van der Waals surface area (Å²) in [6.45, 7) is 5.33. The molecule has 1 heterocycles. The molecule has 3 aliphatic rings. The van der Waals surface area contributed by atoms with Gasteiger partial charge in [-0.05, 0) is 43.6 Å². The molecule has 1 aromatic carbocycles. The van der Waals surface area contributed by atoms with Gasteiger partial charge >= 0.3 is 0 Å². The van der Waals surface area contributed by atoms with Crippen molar-refractivity contribution in [3.8, 4) is 5.75 Å². The van der Waals surface area contributed by atoms with E-state index in [1.807, 2.05) is 0 Å². The fraction of sp³-hybridized carbons (Fsp3) is 0.647. The SMILES string of the molecule is c1cc(CN(CC2CC2)CC2CC2)c2c(c1)NCCO2. The van der Waals surface area contributed by atoms with Gasteiger partial charge in [-0.2, -0.15) is 0 Å². The molecule has 0 saturated heterocycles. The Morgan fingerprint density at radius 1 is 1.10 bits per heavy atom. The van der Waals surface area contributed by atoms with E-state index in [2.05, 4.69) is 28.4 Å². The third kappa shape index (κ3) is 2.93. The van der Waals surface area contributed by atoms with E-state index in [1.54, 1.807) is 0 Å². The van der Waals surface area contributed by atoms with Crippen LogP contribution in [-0.4, -0.2) is 31.1 Å². The third-order valence-electron chi connectivity index (χ3n) is 4.58. The van der Waals surface area contributed by atoms with Gasteiger partial charge in [0.05, 0.1) is 5.69 Å². The summed E-state index contributed by atoms with van der Waals surface area (Å²) < 4.78 is 5.91. The lowest BCUT2D eigenvalue weighted by atomic mass is 10.1. The highest BCUT2D eigenvalue weighted by Gasteiger charge is 2.29. The molecule has 3 heteroatoms. The van der Waals surface area contributed by atoms with Gasteiger partial charge in [0.2, 0.25) is 0 Å². The van der Waals surface area contributed by atoms with Gasteiger partial charge in [-0.15, -0.1) is 0 Å². The van der Waals surface area contributed by atoms with E-state index in [0.29, 0.717) is 0 Å². The highest BCUT2D eigenvalue weighted by atomic mass is 16.5. The van der Waals surface area contributed by atoms with Crippen molar-refractivity contribution in [2.45, 2.75) is 32.2 Å². The largest absolute Gasteiger partial charge is 0.489 e. The fourth-order valence-corrected chi connectivity index (χ4v) is 3.13. The first kappa shape index (κ1) is 12.5. The summed E-state index contributed by atoms with van der Waals surface area (Å²) in [7, 11) is 0. The van der Waals surface area contributed by atoms with E-state index < -0.39 is 0 Å². The second-order valence-corrected chi connectivity index (χ2v) is 6.65. The molecule has 1 aromatic rings. The predicted molar refractivity (Wildman–Crippen MR) is 81.2 cm³/mol. The molecule has 2 aliphatic carbocycles. The van der Waals surface area contributed by atoms with Crippen molar-refractivity contribution in [1.82, 2.24) is 4.90 Å². The number of ether oxygens (including phenoxy) is 1. The maximum atomic E-state index is 5.91. The first-order chi connectivity index (χ1) is 9.88. The van der Waals surface area contributed by atoms with Gasteiger partial charge in [-0.3, -0.25) is 4.90 Å². The van der Waals surface area contributed by atoms with E-state index in [4.69, 9.17) is 4.74 Å². The average Bonchev–Trinajstić information content (AvgIpc) is 3.36. The lowest BCUT2D eigenvalue weighted by Crippen LogP contribution is -2.29. The molecule has 2 saturated carbocycles. The van der Waals surface area contributed by atoms with Crippen molar-refractivity contribution >= 4 is 5.69 Å². The molecule has 20 heavy (non-hydrogen) atoms. The van der Waals surface area contributed by atoms with Crippen LogP contribution in [0.15, 0.2) is 18.2 Å². The Labute approximate surface area is 121 Å². The monoisotopic (exact) mass is 272 g/mol. The molecular weight excluding hydrogens is 248 g/mol. The third-order valence-corrected chi connectivity index (χ3v) is 4.58. The van der Waals surface area contributed by atoms with E-state index >= 15 is 0 Å². The van der Waals surface area contributed by atoms with E-state index in [9.17, 15) is 0 Å². The fourth-order valence-electron chi connectivity index (χ4n) is 3.13. The van der Waals surface area contributed by atoms with E-state index in [0.717, 1.165) is 37.3 Å². The molecule has 0 aromatic heterocycles. The molecule has 3 nitrogen and oxygen atoms in total. The molecule has 0 atom stereocenters. The summed E-state index contributed by atoms with van der Waals surface area (Å²) in [5.41, 5.74) is 2.53. The van der Waals surface area contributed by atoms with Crippen LogP contribution in [0.4, 0.5) is 5.69 Å². The number of para-hydroxylation sites is 1. The van der Waals surface area contributed by atoms with Crippen molar-refractivity contribution in [1.29, 1.82) is 0 Å². The first-order valence-electron chi connectivity index (χ1n) is 8.09. The van der Waals surface area contributed by atoms with Crippen molar-refractivity contribution in [2.75, 3.05) is 31.6 Å². The van der Waals surface area contributed by atoms with Crippen LogP contribution in [-0.2, 0) is 6.54 Å². The van der Waals surface area contributed by atoms with Crippen LogP contribution in [0.2, 0.25) is 0 Å². The molecule has 2 fully saturated rings. The van der Waals surface area contributed by atoms with Crippen LogP contribution in [0.5, 0.6) is 5.75 Å². The van der Waals surface area contributed by atoms with Crippen LogP contribution < -0.4 is 10.1 Å². The number of fused-ring (bicyclic) bond motifs is 1. The quantitative estimate of drug-likeness (QED) is 0.861. The summed E-state index contributed by atoms with van der Waals surface area (Å²) in [6.07, 6.45) is 5.75. The highest BCUT2D eigenvalue weighted by molar-refractivity contribution is 5.61. The second-order valence-electron chi connectivity index (χ2n) is 6.65. The van der Waals surface area contributed by atoms with Crippen LogP contribution in [0, 0.1) is 11.8 Å². The van der Waals surface area contributed by atoms with Crippen LogP contribution in [0.1, 0.15) is 31.2 Å². The van der Waals surface area contributed by atoms with Crippen LogP contribution in [0.25, 0.3) is 0 Å². The minimum Gasteiger partial charge on any atom is -0.489 e. The van der Waals surface area contributed by atoms with Crippen molar-refractivity contribution < 1.29 is 4.74 Å². The Kier molecular flexibility index (Phi) is 3.31. The van der Waals surface area contributed by atoms with Gasteiger partial charge in [0.25, 0.3) is 0 Å². The standard InChI is InChI=1S/C17H24N2O/c1-2-15(17-16(3-1)18-8-9-20-17)12-19(10-13-4-5-13)11-14-6-7-14/h1-3,13-14,18H,4-12H2. The Balaban J connectivity index is 1.49. The van der Waals surface area contributed by atoms with Gasteiger partial charge in [0.1, 0.15) is 12.4 Å². The van der Waals surface area contributed by atoms with Crippen molar-refractivity contribution in [2.24, 2.45) is 11.8 Å². The summed E-state index contributed by atoms with van der Waals surface area (Å²) in [4.78, 5) is 2.67. The Morgan fingerprint density at radius 2 is 1.85 bits per heavy atom. The topological polar surface area (TPSA) is 24.5 Å². The van der Waals surface area contributed by atoms with Gasteiger partial charge in [0.15, 0.2) is 0 Å². The number of benzene rings is 1. The molecule has 0 spiro atoms. The maximum absolute atomic E-state index is 5.91. The number of hydrogen-bond donors (Lipinski definition) is 1. The first-order valence-corrected chi connectivity index (χ1v) is 8.09. The molecule has 0 unspecified atom stereocenters. The van der Waals surface area contributed by atoms with Crippen molar-refractivity contribution in [3.05, 3.63) is 23.8 Å². The summed E-state index contributed by atoms with van der Waals surface area (Å²) in [5.74, 6) is 3.02. The smallest absolute Gasteiger partial charge is 0.146 e. The summed E-state index contributed by atoms with van der Waals surface area (Å²) >= 11 is 0. The van der Waals surface area contributed by atoms with Gasteiger partial charge in [-0.1, -0.05) is 12.1 Å². The zero-order chi connectivity index (χ0) is 13.4. The predicted octanol–water partition coefficient (Wildman–Crippen LogP) is 3.11. The van der Waals surface area contributed by atoms with Crippen LogP contribution >= 0.6 is 0 Å². The summed E-state index contributed by atoms with van der Waals surface area (Å²) in [6, 6.07) is 6.52. The number of anilines is 1. The molecule has 108 valence electrons. The zero-order valence-corrected chi connectivity index (χ0v) is 12.1. The molecular formula is C17H24N2O. The average molecular weight is 272 g/mol. The number of rotatable bonds is 6. The van der Waals surface area contributed by atoms with E-state index in [1.165, 1.54) is 50.0 Å². The number of nitrogens with zero attached hydrogens (tertiary/aromatic N) is 1. The summed E-state index contributed by atoms with van der Waals surface area (Å²) in [5, 5.41) is 3.44. The van der Waals surface area contributed by atoms with Gasteiger partial charge < -0.3 is 10.1 Å². The van der Waals surface area contributed by atoms with Crippen molar-refractivity contribution in [3.63, 3.8) is 0 Å². The Hall–Kier alpha value is -1.22. The lowest BCUT2D eigenvalue weighted by Gasteiger charge is -2.26. The molecule has 1 aliphatic heterocycles. The minimum absolute atomic E-state index is 0.787. The zero-order valence-electron chi connectivity index (χ0n) is 12.1. The maximum Gasteiger partial charge on any atom is 0.146 e. The second kappa shape index (κ2) is 5.28. The molecule has 0 bridgehead atoms. The number of nitrogens with one attached hydrogen (secondary N) is 1. The Bertz CT molecular complexity index is 466. The molecule has 0 amide bonds. The van der Waals surface area contributed by atoms with Gasteiger partial charge in [-0.25, -0.2) is 0 Å². The van der Waals surface area contributed by atoms with E-state index in [-0.39, 0.29) is 0 Å². The minimum atomic E-state index is 0.787. The molecule has 1 N–H and O–H groups in total. The normalized spacial score (nSPS) is 21.2.